The number of ether oxygens (including phenoxy) is 2. The van der Waals surface area contributed by atoms with Gasteiger partial charge in [0, 0.05) is 11.6 Å². The second-order valence-corrected chi connectivity index (χ2v) is 3.99. The number of carbonyl (C=O) groups is 1. The Bertz CT molecular complexity index is 679. The monoisotopic (exact) mass is 274 g/mol. The van der Waals surface area contributed by atoms with Crippen LogP contribution in [-0.4, -0.2) is 30.0 Å². The zero-order valence-corrected chi connectivity index (χ0v) is 11.2. The molecule has 0 N–H and O–H groups in total. The molecular weight excluding hydrogens is 260 g/mol. The molecule has 6 nitrogen and oxygen atoms in total. The van der Waals surface area contributed by atoms with Crippen LogP contribution >= 0.6 is 0 Å². The fourth-order valence-corrected chi connectivity index (χ4v) is 1.75. The molecular formula is C14H14N2O4. The predicted molar refractivity (Wildman–Crippen MR) is 72.5 cm³/mol. The van der Waals surface area contributed by atoms with Crippen molar-refractivity contribution < 1.29 is 14.3 Å². The lowest BCUT2D eigenvalue weighted by Gasteiger charge is -2.09. The van der Waals surface area contributed by atoms with Gasteiger partial charge in [0.15, 0.2) is 0 Å². The van der Waals surface area contributed by atoms with Crippen molar-refractivity contribution in [1.29, 1.82) is 0 Å². The third-order valence-electron chi connectivity index (χ3n) is 2.76. The summed E-state index contributed by atoms with van der Waals surface area (Å²) < 4.78 is 10.9. The van der Waals surface area contributed by atoms with Crippen molar-refractivity contribution in [1.82, 2.24) is 9.78 Å². The summed E-state index contributed by atoms with van der Waals surface area (Å²) in [5.41, 5.74) is 0.925. The zero-order valence-electron chi connectivity index (χ0n) is 11.2. The molecule has 0 saturated heterocycles. The van der Waals surface area contributed by atoms with Crippen LogP contribution in [0.3, 0.4) is 0 Å². The lowest BCUT2D eigenvalue weighted by Crippen LogP contribution is -2.26. The number of rotatable bonds is 4. The first-order valence-electron chi connectivity index (χ1n) is 5.94. The van der Waals surface area contributed by atoms with Crippen LogP contribution in [0.2, 0.25) is 0 Å². The summed E-state index contributed by atoms with van der Waals surface area (Å²) >= 11 is 0. The fourth-order valence-electron chi connectivity index (χ4n) is 1.75. The molecule has 0 aliphatic heterocycles. The quantitative estimate of drug-likeness (QED) is 0.781. The van der Waals surface area contributed by atoms with Crippen LogP contribution in [0.5, 0.6) is 5.75 Å². The summed E-state index contributed by atoms with van der Waals surface area (Å²) in [6.45, 7) is -0.224. The molecule has 0 amide bonds. The first-order valence-corrected chi connectivity index (χ1v) is 5.94. The average Bonchev–Trinajstić information content (AvgIpc) is 2.49. The van der Waals surface area contributed by atoms with Gasteiger partial charge < -0.3 is 9.47 Å². The SMILES string of the molecule is COC(=O)Cn1nc(-c2ccccc2OC)ccc1=O. The second kappa shape index (κ2) is 6.01. The number of aromatic nitrogens is 2. The third-order valence-corrected chi connectivity index (χ3v) is 2.76. The van der Waals surface area contributed by atoms with Crippen molar-refractivity contribution in [2.45, 2.75) is 6.54 Å². The van der Waals surface area contributed by atoms with Gasteiger partial charge in [-0.15, -0.1) is 0 Å². The Morgan fingerprint density at radius 3 is 2.65 bits per heavy atom. The number of benzene rings is 1. The summed E-state index contributed by atoms with van der Waals surface area (Å²) in [7, 11) is 2.82. The normalized spacial score (nSPS) is 10.1. The predicted octanol–water partition coefficient (Wildman–Crippen LogP) is 1.09. The van der Waals surface area contributed by atoms with E-state index in [4.69, 9.17) is 4.74 Å². The highest BCUT2D eigenvalue weighted by Crippen LogP contribution is 2.26. The Labute approximate surface area is 115 Å². The summed E-state index contributed by atoms with van der Waals surface area (Å²) in [6.07, 6.45) is 0. The Hall–Kier alpha value is -2.63. The molecule has 1 aromatic heterocycles. The minimum absolute atomic E-state index is 0.224. The van der Waals surface area contributed by atoms with E-state index in [-0.39, 0.29) is 12.1 Å². The van der Waals surface area contributed by atoms with E-state index in [2.05, 4.69) is 9.84 Å². The van der Waals surface area contributed by atoms with Crippen LogP contribution in [0.4, 0.5) is 0 Å². The number of hydrogen-bond acceptors (Lipinski definition) is 5. The topological polar surface area (TPSA) is 70.4 Å². The van der Waals surface area contributed by atoms with Crippen molar-refractivity contribution in [2.24, 2.45) is 0 Å². The Kier molecular flexibility index (Phi) is 4.14. The van der Waals surface area contributed by atoms with Gasteiger partial charge in [-0.3, -0.25) is 9.59 Å². The molecule has 1 heterocycles. The highest BCUT2D eigenvalue weighted by atomic mass is 16.5. The molecule has 0 bridgehead atoms. The van der Waals surface area contributed by atoms with Crippen molar-refractivity contribution >= 4 is 5.97 Å². The minimum atomic E-state index is -0.531. The molecule has 2 aromatic rings. The average molecular weight is 274 g/mol. The molecule has 0 aliphatic carbocycles. The number of para-hydroxylation sites is 1. The molecule has 2 rings (SSSR count). The second-order valence-electron chi connectivity index (χ2n) is 3.99. The summed E-state index contributed by atoms with van der Waals surface area (Å²) in [6, 6.07) is 10.3. The molecule has 6 heteroatoms. The smallest absolute Gasteiger partial charge is 0.327 e. The lowest BCUT2D eigenvalue weighted by molar-refractivity contribution is -0.141. The van der Waals surface area contributed by atoms with Crippen LogP contribution in [-0.2, 0) is 16.1 Å². The summed E-state index contributed by atoms with van der Waals surface area (Å²) in [4.78, 5) is 22.9. The van der Waals surface area contributed by atoms with E-state index in [1.807, 2.05) is 18.2 Å². The van der Waals surface area contributed by atoms with E-state index in [0.717, 1.165) is 10.2 Å². The van der Waals surface area contributed by atoms with E-state index >= 15 is 0 Å². The highest BCUT2D eigenvalue weighted by molar-refractivity contribution is 5.69. The van der Waals surface area contributed by atoms with Gasteiger partial charge in [0.25, 0.3) is 5.56 Å². The number of methoxy groups -OCH3 is 2. The van der Waals surface area contributed by atoms with Crippen LogP contribution in [0, 0.1) is 0 Å². The fraction of sp³-hybridized carbons (Fsp3) is 0.214. The number of hydrogen-bond donors (Lipinski definition) is 0. The van der Waals surface area contributed by atoms with E-state index in [0.29, 0.717) is 11.4 Å². The zero-order chi connectivity index (χ0) is 14.5. The van der Waals surface area contributed by atoms with Crippen LogP contribution in [0.25, 0.3) is 11.3 Å². The molecule has 1 aromatic carbocycles. The molecule has 0 fully saturated rings. The van der Waals surface area contributed by atoms with Gasteiger partial charge in [-0.1, -0.05) is 12.1 Å². The Morgan fingerprint density at radius 1 is 1.20 bits per heavy atom. The molecule has 0 radical (unpaired) electrons. The molecule has 0 saturated carbocycles. The molecule has 104 valence electrons. The minimum Gasteiger partial charge on any atom is -0.496 e. The van der Waals surface area contributed by atoms with E-state index in [1.54, 1.807) is 19.2 Å². The van der Waals surface area contributed by atoms with Crippen molar-refractivity contribution in [2.75, 3.05) is 14.2 Å². The summed E-state index contributed by atoms with van der Waals surface area (Å²) in [5, 5.41) is 4.16. The van der Waals surface area contributed by atoms with Gasteiger partial charge in [0.2, 0.25) is 0 Å². The summed E-state index contributed by atoms with van der Waals surface area (Å²) in [5.74, 6) is 0.111. The first kappa shape index (κ1) is 13.8. The van der Waals surface area contributed by atoms with E-state index in [1.165, 1.54) is 13.2 Å². The van der Waals surface area contributed by atoms with Gasteiger partial charge in [0.05, 0.1) is 19.9 Å². The largest absolute Gasteiger partial charge is 0.496 e. The highest BCUT2D eigenvalue weighted by Gasteiger charge is 2.10. The van der Waals surface area contributed by atoms with Crippen molar-refractivity contribution in [3.05, 3.63) is 46.8 Å². The van der Waals surface area contributed by atoms with Gasteiger partial charge in [-0.2, -0.15) is 5.10 Å². The molecule has 0 unspecified atom stereocenters. The number of nitrogens with zero attached hydrogens (tertiary/aromatic N) is 2. The van der Waals surface area contributed by atoms with Gasteiger partial charge in [0.1, 0.15) is 12.3 Å². The third kappa shape index (κ3) is 2.85. The van der Waals surface area contributed by atoms with Gasteiger partial charge >= 0.3 is 5.97 Å². The van der Waals surface area contributed by atoms with Crippen LogP contribution in [0.15, 0.2) is 41.2 Å². The maximum absolute atomic E-state index is 11.7. The van der Waals surface area contributed by atoms with E-state index < -0.39 is 5.97 Å². The Morgan fingerprint density at radius 2 is 1.95 bits per heavy atom. The maximum Gasteiger partial charge on any atom is 0.327 e. The molecule has 0 atom stereocenters. The molecule has 0 spiro atoms. The molecule has 0 aliphatic rings. The lowest BCUT2D eigenvalue weighted by atomic mass is 10.1. The van der Waals surface area contributed by atoms with Crippen LogP contribution < -0.4 is 10.3 Å². The number of carbonyl (C=O) groups excluding carboxylic acids is 1. The Balaban J connectivity index is 2.46. The standard InChI is InChI=1S/C14H14N2O4/c1-19-12-6-4-3-5-10(12)11-7-8-13(17)16(15-11)9-14(18)20-2/h3-8H,9H2,1-2H3. The van der Waals surface area contributed by atoms with Crippen molar-refractivity contribution in [3.8, 4) is 17.0 Å². The van der Waals surface area contributed by atoms with E-state index in [9.17, 15) is 9.59 Å². The maximum atomic E-state index is 11.7. The number of esters is 1. The van der Waals surface area contributed by atoms with Gasteiger partial charge in [-0.25, -0.2) is 4.68 Å². The van der Waals surface area contributed by atoms with Crippen LogP contribution in [0.1, 0.15) is 0 Å². The first-order chi connectivity index (χ1) is 9.65. The molecule has 20 heavy (non-hydrogen) atoms. The van der Waals surface area contributed by atoms with Crippen molar-refractivity contribution in [3.63, 3.8) is 0 Å². The van der Waals surface area contributed by atoms with Gasteiger partial charge in [-0.05, 0) is 18.2 Å².